The van der Waals surface area contributed by atoms with Gasteiger partial charge in [0.1, 0.15) is 22.4 Å². The number of sulfone groups is 1. The van der Waals surface area contributed by atoms with Crippen molar-refractivity contribution in [3.63, 3.8) is 0 Å². The molecule has 2 amide bonds. The zero-order valence-electron chi connectivity index (χ0n) is 13.3. The molecule has 0 aromatic carbocycles. The van der Waals surface area contributed by atoms with Crippen molar-refractivity contribution in [3.05, 3.63) is 0 Å². The molecule has 1 atom stereocenters. The fourth-order valence-electron chi connectivity index (χ4n) is 1.90. The van der Waals surface area contributed by atoms with Gasteiger partial charge in [0.15, 0.2) is 0 Å². The Labute approximate surface area is 132 Å². The van der Waals surface area contributed by atoms with Crippen LogP contribution in [-0.2, 0) is 14.6 Å². The smallest absolute Gasteiger partial charge is 0.408 e. The van der Waals surface area contributed by atoms with Crippen molar-refractivity contribution in [2.24, 2.45) is 0 Å². The third-order valence-corrected chi connectivity index (χ3v) is 3.75. The van der Waals surface area contributed by atoms with E-state index in [1.807, 2.05) is 0 Å². The molecule has 0 rings (SSSR count). The highest BCUT2D eigenvalue weighted by Crippen LogP contribution is 2.21. The second kappa shape index (κ2) is 7.37. The van der Waals surface area contributed by atoms with E-state index in [1.54, 1.807) is 5.32 Å². The molecule has 0 bridgehead atoms. The summed E-state index contributed by atoms with van der Waals surface area (Å²) in [6, 6.07) is -1.55. The van der Waals surface area contributed by atoms with Gasteiger partial charge >= 0.3 is 12.3 Å². The Morgan fingerprint density at radius 1 is 1.22 bits per heavy atom. The predicted molar refractivity (Wildman–Crippen MR) is 76.8 cm³/mol. The van der Waals surface area contributed by atoms with Crippen LogP contribution in [0, 0.1) is 0 Å². The Bertz CT molecular complexity index is 540. The molecule has 0 fully saturated rings. The zero-order chi connectivity index (χ0) is 18.6. The molecule has 0 radical (unpaired) electrons. The number of nitrogens with one attached hydrogen (secondary N) is 1. The van der Waals surface area contributed by atoms with Crippen LogP contribution in [0.2, 0.25) is 0 Å². The lowest BCUT2D eigenvalue weighted by Gasteiger charge is -2.38. The van der Waals surface area contributed by atoms with Crippen LogP contribution in [0.3, 0.4) is 0 Å². The maximum atomic E-state index is 12.2. The molecule has 23 heavy (non-hydrogen) atoms. The van der Waals surface area contributed by atoms with Gasteiger partial charge in [-0.05, 0) is 27.2 Å². The van der Waals surface area contributed by atoms with Gasteiger partial charge in [-0.3, -0.25) is 9.69 Å². The molecular formula is C12H21F3N2O5S. The van der Waals surface area contributed by atoms with Gasteiger partial charge in [0, 0.05) is 11.8 Å². The van der Waals surface area contributed by atoms with Gasteiger partial charge in [0.25, 0.3) is 0 Å². The fraction of sp³-hybridized carbons (Fsp3) is 0.833. The van der Waals surface area contributed by atoms with Gasteiger partial charge in [-0.2, -0.15) is 13.2 Å². The lowest BCUT2D eigenvalue weighted by atomic mass is 10.0. The summed E-state index contributed by atoms with van der Waals surface area (Å²) in [5.74, 6) is -1.72. The molecule has 0 saturated heterocycles. The van der Waals surface area contributed by atoms with E-state index in [4.69, 9.17) is 0 Å². The molecule has 0 spiro atoms. The minimum absolute atomic E-state index is 0.438. The average molecular weight is 362 g/mol. The number of carbonyl (C=O) groups excluding carboxylic acids is 1. The molecule has 0 heterocycles. The number of carbonyl (C=O) groups is 2. The van der Waals surface area contributed by atoms with E-state index in [9.17, 15) is 36.3 Å². The van der Waals surface area contributed by atoms with E-state index in [1.165, 1.54) is 20.8 Å². The summed E-state index contributed by atoms with van der Waals surface area (Å²) in [6.45, 7) is 2.72. The van der Waals surface area contributed by atoms with E-state index in [-0.39, 0.29) is 0 Å². The second-order valence-electron chi connectivity index (χ2n) is 6.09. The molecule has 0 aliphatic heterocycles. The molecule has 0 aliphatic carbocycles. The van der Waals surface area contributed by atoms with Crippen molar-refractivity contribution >= 4 is 21.8 Å². The molecule has 0 aromatic heterocycles. The maximum absolute atomic E-state index is 12.2. The van der Waals surface area contributed by atoms with Crippen LogP contribution in [0.4, 0.5) is 18.0 Å². The van der Waals surface area contributed by atoms with Crippen molar-refractivity contribution < 1.29 is 36.3 Å². The molecule has 0 saturated carbocycles. The van der Waals surface area contributed by atoms with Gasteiger partial charge in [-0.1, -0.05) is 0 Å². The second-order valence-corrected chi connectivity index (χ2v) is 8.35. The van der Waals surface area contributed by atoms with Gasteiger partial charge in [-0.25, -0.2) is 13.2 Å². The Kier molecular flexibility index (Phi) is 6.88. The number of alkyl halides is 3. The van der Waals surface area contributed by atoms with Crippen LogP contribution in [0.25, 0.3) is 0 Å². The third-order valence-electron chi connectivity index (χ3n) is 2.77. The Morgan fingerprint density at radius 3 is 2.00 bits per heavy atom. The van der Waals surface area contributed by atoms with Crippen LogP contribution in [0.1, 0.15) is 27.2 Å². The summed E-state index contributed by atoms with van der Waals surface area (Å²) >= 11 is 0. The number of nitrogens with zero attached hydrogens (tertiary/aromatic N) is 1. The molecule has 11 heteroatoms. The molecule has 1 unspecified atom stereocenters. The first-order chi connectivity index (χ1) is 10.0. The predicted octanol–water partition coefficient (Wildman–Crippen LogP) is 1.25. The maximum Gasteiger partial charge on any atom is 0.408 e. The number of rotatable bonds is 6. The average Bonchev–Trinajstić information content (AvgIpc) is 2.26. The molecule has 0 aliphatic rings. The Morgan fingerprint density at radius 2 is 1.70 bits per heavy atom. The van der Waals surface area contributed by atoms with E-state index in [0.717, 1.165) is 6.26 Å². The number of hydrogen-bond donors (Lipinski definition) is 2. The number of hydrogen-bond acceptors (Lipinski definition) is 4. The third kappa shape index (κ3) is 8.62. The molecule has 7 nitrogen and oxygen atoms in total. The number of carboxylic acid groups (broad SMARTS) is 1. The van der Waals surface area contributed by atoms with Gasteiger partial charge in [0.05, 0.1) is 5.75 Å². The first-order valence-electron chi connectivity index (χ1n) is 6.59. The summed E-state index contributed by atoms with van der Waals surface area (Å²) in [5.41, 5.74) is -1.11. The number of amides is 2. The first kappa shape index (κ1) is 21.5. The van der Waals surface area contributed by atoms with Crippen molar-refractivity contribution in [2.75, 3.05) is 18.6 Å². The minimum Gasteiger partial charge on any atom is -0.465 e. The Balaban J connectivity index is 5.44. The molecular weight excluding hydrogens is 341 g/mol. The van der Waals surface area contributed by atoms with E-state index in [2.05, 4.69) is 0 Å². The van der Waals surface area contributed by atoms with Crippen molar-refractivity contribution in [1.82, 2.24) is 10.2 Å². The quantitative estimate of drug-likeness (QED) is 0.740. The standard InChI is InChI=1S/C12H21F3N2O5S/c1-11(2,3)17(10(19)20)8(5-6-23(4,21)22)9(18)16-7-12(13,14)15/h8H,5-7H2,1-4H3,(H,16,18)(H,19,20). The molecule has 0 aromatic rings. The largest absolute Gasteiger partial charge is 0.465 e. The fourth-order valence-corrected chi connectivity index (χ4v) is 2.55. The highest BCUT2D eigenvalue weighted by atomic mass is 32.2. The zero-order valence-corrected chi connectivity index (χ0v) is 14.1. The SMILES string of the molecule is CC(C)(C)N(C(=O)O)C(CCS(C)(=O)=O)C(=O)NCC(F)(F)F. The summed E-state index contributed by atoms with van der Waals surface area (Å²) in [6.07, 6.45) is -5.74. The van der Waals surface area contributed by atoms with Crippen LogP contribution in [0.5, 0.6) is 0 Å². The van der Waals surface area contributed by atoms with Crippen molar-refractivity contribution in [1.29, 1.82) is 0 Å². The minimum atomic E-state index is -4.66. The van der Waals surface area contributed by atoms with Crippen LogP contribution >= 0.6 is 0 Å². The Hall–Kier alpha value is -1.52. The molecule has 136 valence electrons. The van der Waals surface area contributed by atoms with E-state index in [0.29, 0.717) is 4.90 Å². The van der Waals surface area contributed by atoms with Crippen LogP contribution in [0.15, 0.2) is 0 Å². The number of halogens is 3. The van der Waals surface area contributed by atoms with E-state index < -0.39 is 58.3 Å². The monoisotopic (exact) mass is 362 g/mol. The normalized spacial score (nSPS) is 14.2. The summed E-state index contributed by atoms with van der Waals surface area (Å²) < 4.78 is 59.1. The van der Waals surface area contributed by atoms with Gasteiger partial charge < -0.3 is 10.4 Å². The molecule has 2 N–H and O–H groups in total. The highest BCUT2D eigenvalue weighted by molar-refractivity contribution is 7.90. The summed E-state index contributed by atoms with van der Waals surface area (Å²) in [4.78, 5) is 24.0. The lowest BCUT2D eigenvalue weighted by molar-refractivity contribution is -0.142. The first-order valence-corrected chi connectivity index (χ1v) is 8.65. The van der Waals surface area contributed by atoms with Gasteiger partial charge in [-0.15, -0.1) is 0 Å². The van der Waals surface area contributed by atoms with Crippen LogP contribution in [-0.4, -0.2) is 66.7 Å². The highest BCUT2D eigenvalue weighted by Gasteiger charge is 2.39. The van der Waals surface area contributed by atoms with Crippen LogP contribution < -0.4 is 5.32 Å². The summed E-state index contributed by atoms with van der Waals surface area (Å²) in [5, 5.41) is 10.9. The lowest BCUT2D eigenvalue weighted by Crippen LogP contribution is -2.57. The van der Waals surface area contributed by atoms with Crippen molar-refractivity contribution in [3.8, 4) is 0 Å². The van der Waals surface area contributed by atoms with E-state index >= 15 is 0 Å². The van der Waals surface area contributed by atoms with Gasteiger partial charge in [0.2, 0.25) is 5.91 Å². The topological polar surface area (TPSA) is 104 Å². The van der Waals surface area contributed by atoms with Crippen molar-refractivity contribution in [2.45, 2.75) is 44.9 Å². The summed E-state index contributed by atoms with van der Waals surface area (Å²) in [7, 11) is -3.52.